The minimum absolute atomic E-state index is 0.359. The maximum Gasteiger partial charge on any atom is 0.115 e. The molecule has 0 aliphatic heterocycles. The van der Waals surface area contributed by atoms with Gasteiger partial charge in [0.1, 0.15) is 5.75 Å². The molecule has 0 unspecified atom stereocenters. The van der Waals surface area contributed by atoms with Gasteiger partial charge >= 0.3 is 0 Å². The zero-order valence-corrected chi connectivity index (χ0v) is 11.4. The summed E-state index contributed by atoms with van der Waals surface area (Å²) >= 11 is 0. The highest BCUT2D eigenvalue weighted by molar-refractivity contribution is 5.49. The molecule has 2 nitrogen and oxygen atoms in total. The summed E-state index contributed by atoms with van der Waals surface area (Å²) in [5.41, 5.74) is 1.27. The Kier molecular flexibility index (Phi) is 4.91. The van der Waals surface area contributed by atoms with Crippen molar-refractivity contribution in [1.82, 2.24) is 0 Å². The Morgan fingerprint density at radius 3 is 2.39 bits per heavy atom. The summed E-state index contributed by atoms with van der Waals surface area (Å²) in [7, 11) is 0. The Labute approximate surface area is 111 Å². The number of benzene rings is 1. The van der Waals surface area contributed by atoms with E-state index in [0.717, 1.165) is 6.54 Å². The molecular weight excluding hydrogens is 222 g/mol. The van der Waals surface area contributed by atoms with Crippen molar-refractivity contribution in [2.24, 2.45) is 0 Å². The number of nitrogens with zero attached hydrogens (tertiary/aromatic N) is 1. The van der Waals surface area contributed by atoms with Gasteiger partial charge < -0.3 is 10.0 Å². The monoisotopic (exact) mass is 247 g/mol. The van der Waals surface area contributed by atoms with Gasteiger partial charge in [0, 0.05) is 18.3 Å². The summed E-state index contributed by atoms with van der Waals surface area (Å²) < 4.78 is 0. The molecule has 0 bridgehead atoms. The molecule has 0 aromatic heterocycles. The van der Waals surface area contributed by atoms with E-state index in [1.807, 2.05) is 0 Å². The van der Waals surface area contributed by atoms with Crippen LogP contribution in [0.15, 0.2) is 24.3 Å². The number of anilines is 1. The van der Waals surface area contributed by atoms with E-state index in [1.54, 1.807) is 12.1 Å². The summed E-state index contributed by atoms with van der Waals surface area (Å²) in [5, 5.41) is 9.41. The Morgan fingerprint density at radius 1 is 1.11 bits per heavy atom. The zero-order valence-electron chi connectivity index (χ0n) is 11.4. The third-order valence-corrected chi connectivity index (χ3v) is 3.95. The zero-order chi connectivity index (χ0) is 12.8. The van der Waals surface area contributed by atoms with Gasteiger partial charge in [-0.25, -0.2) is 0 Å². The van der Waals surface area contributed by atoms with Gasteiger partial charge in [0.05, 0.1) is 0 Å². The lowest BCUT2D eigenvalue weighted by Gasteiger charge is -2.36. The first kappa shape index (κ1) is 13.3. The van der Waals surface area contributed by atoms with Crippen molar-refractivity contribution in [2.45, 2.75) is 57.9 Å². The largest absolute Gasteiger partial charge is 0.508 e. The van der Waals surface area contributed by atoms with E-state index in [1.165, 1.54) is 50.6 Å². The molecule has 0 amide bonds. The second-order valence-corrected chi connectivity index (χ2v) is 5.36. The van der Waals surface area contributed by atoms with Crippen molar-refractivity contribution >= 4 is 5.69 Å². The van der Waals surface area contributed by atoms with Crippen LogP contribution in [-0.4, -0.2) is 17.7 Å². The summed E-state index contributed by atoms with van der Waals surface area (Å²) in [4.78, 5) is 2.56. The van der Waals surface area contributed by atoms with Crippen LogP contribution in [0.4, 0.5) is 5.69 Å². The van der Waals surface area contributed by atoms with E-state index in [-0.39, 0.29) is 0 Å². The first-order valence-electron chi connectivity index (χ1n) is 7.37. The minimum Gasteiger partial charge on any atom is -0.508 e. The first-order chi connectivity index (χ1) is 8.81. The molecule has 1 aromatic rings. The molecule has 18 heavy (non-hydrogen) atoms. The molecule has 1 aliphatic rings. The van der Waals surface area contributed by atoms with Gasteiger partial charge in [0.25, 0.3) is 0 Å². The second-order valence-electron chi connectivity index (χ2n) is 5.36. The molecular formula is C16H25NO. The third kappa shape index (κ3) is 3.41. The van der Waals surface area contributed by atoms with Crippen molar-refractivity contribution in [3.05, 3.63) is 24.3 Å². The van der Waals surface area contributed by atoms with E-state index in [2.05, 4.69) is 24.0 Å². The Morgan fingerprint density at radius 2 is 1.78 bits per heavy atom. The lowest BCUT2D eigenvalue weighted by Crippen LogP contribution is -2.37. The minimum atomic E-state index is 0.359. The van der Waals surface area contributed by atoms with Gasteiger partial charge in [-0.05, 0) is 43.5 Å². The van der Waals surface area contributed by atoms with Crippen LogP contribution in [0, 0.1) is 0 Å². The average Bonchev–Trinajstić information content (AvgIpc) is 2.42. The maximum atomic E-state index is 9.41. The predicted octanol–water partition coefficient (Wildman–Crippen LogP) is 4.33. The van der Waals surface area contributed by atoms with Crippen molar-refractivity contribution in [3.63, 3.8) is 0 Å². The van der Waals surface area contributed by atoms with Crippen LogP contribution >= 0.6 is 0 Å². The molecule has 1 N–H and O–H groups in total. The Balaban J connectivity index is 2.10. The molecule has 1 saturated carbocycles. The molecule has 1 fully saturated rings. The molecule has 0 saturated heterocycles. The topological polar surface area (TPSA) is 23.5 Å². The van der Waals surface area contributed by atoms with Crippen molar-refractivity contribution in [3.8, 4) is 5.75 Å². The molecule has 2 heteroatoms. The summed E-state index contributed by atoms with van der Waals surface area (Å²) in [6.07, 6.45) is 9.26. The van der Waals surface area contributed by atoms with E-state index in [9.17, 15) is 5.11 Å². The van der Waals surface area contributed by atoms with Gasteiger partial charge in [-0.3, -0.25) is 0 Å². The highest BCUT2D eigenvalue weighted by atomic mass is 16.3. The standard InChI is InChI=1S/C16H25NO/c1-2-3-13-17(14-7-5-4-6-8-14)15-9-11-16(18)12-10-15/h9-12,14,18H,2-8,13H2,1H3. The molecule has 0 radical (unpaired) electrons. The number of phenolic OH excluding ortho intramolecular Hbond substituents is 1. The fourth-order valence-electron chi connectivity index (χ4n) is 2.89. The van der Waals surface area contributed by atoms with Crippen LogP contribution in [0.2, 0.25) is 0 Å². The lowest BCUT2D eigenvalue weighted by atomic mass is 9.93. The summed E-state index contributed by atoms with van der Waals surface area (Å²) in [6.45, 7) is 3.39. The number of phenols is 1. The number of rotatable bonds is 5. The van der Waals surface area contributed by atoms with E-state index < -0.39 is 0 Å². The Hall–Kier alpha value is -1.18. The van der Waals surface area contributed by atoms with Crippen LogP contribution in [0.1, 0.15) is 51.9 Å². The highest BCUT2D eigenvalue weighted by Crippen LogP contribution is 2.28. The fourth-order valence-corrected chi connectivity index (χ4v) is 2.89. The number of aromatic hydroxyl groups is 1. The van der Waals surface area contributed by atoms with E-state index >= 15 is 0 Å². The number of unbranched alkanes of at least 4 members (excludes halogenated alkanes) is 1. The van der Waals surface area contributed by atoms with Crippen molar-refractivity contribution in [1.29, 1.82) is 0 Å². The van der Waals surface area contributed by atoms with Crippen LogP contribution in [0.3, 0.4) is 0 Å². The second kappa shape index (κ2) is 6.67. The van der Waals surface area contributed by atoms with Crippen LogP contribution in [-0.2, 0) is 0 Å². The molecule has 1 aromatic carbocycles. The number of hydrogen-bond donors (Lipinski definition) is 1. The quantitative estimate of drug-likeness (QED) is 0.837. The Bertz CT molecular complexity index is 341. The maximum absolute atomic E-state index is 9.41. The van der Waals surface area contributed by atoms with Crippen LogP contribution in [0.25, 0.3) is 0 Å². The molecule has 1 aliphatic carbocycles. The van der Waals surface area contributed by atoms with Crippen LogP contribution < -0.4 is 4.90 Å². The van der Waals surface area contributed by atoms with Crippen LogP contribution in [0.5, 0.6) is 5.75 Å². The van der Waals surface area contributed by atoms with E-state index in [0.29, 0.717) is 11.8 Å². The van der Waals surface area contributed by atoms with Crippen molar-refractivity contribution < 1.29 is 5.11 Å². The highest BCUT2D eigenvalue weighted by Gasteiger charge is 2.20. The molecule has 0 atom stereocenters. The van der Waals surface area contributed by atoms with E-state index in [4.69, 9.17) is 0 Å². The lowest BCUT2D eigenvalue weighted by molar-refractivity contribution is 0.412. The smallest absolute Gasteiger partial charge is 0.115 e. The normalized spacial score (nSPS) is 16.7. The molecule has 2 rings (SSSR count). The number of hydrogen-bond acceptors (Lipinski definition) is 2. The van der Waals surface area contributed by atoms with Gasteiger partial charge in [0.15, 0.2) is 0 Å². The predicted molar refractivity (Wildman–Crippen MR) is 77.2 cm³/mol. The fraction of sp³-hybridized carbons (Fsp3) is 0.625. The third-order valence-electron chi connectivity index (χ3n) is 3.95. The summed E-state index contributed by atoms with van der Waals surface area (Å²) in [5.74, 6) is 0.359. The van der Waals surface area contributed by atoms with Gasteiger partial charge in [-0.1, -0.05) is 32.6 Å². The van der Waals surface area contributed by atoms with Gasteiger partial charge in [0.2, 0.25) is 0 Å². The van der Waals surface area contributed by atoms with Gasteiger partial charge in [-0.15, -0.1) is 0 Å². The molecule has 0 heterocycles. The molecule has 0 spiro atoms. The first-order valence-corrected chi connectivity index (χ1v) is 7.37. The van der Waals surface area contributed by atoms with Gasteiger partial charge in [-0.2, -0.15) is 0 Å². The average molecular weight is 247 g/mol. The summed E-state index contributed by atoms with van der Waals surface area (Å²) in [6, 6.07) is 8.42. The van der Waals surface area contributed by atoms with Crippen molar-refractivity contribution in [2.75, 3.05) is 11.4 Å². The SMILES string of the molecule is CCCCN(c1ccc(O)cc1)C1CCCCC1. The molecule has 100 valence electrons.